The number of hydrogen-bond donors (Lipinski definition) is 0. The average Bonchev–Trinajstić information content (AvgIpc) is 3.26. The number of para-hydroxylation sites is 2. The van der Waals surface area contributed by atoms with Crippen LogP contribution in [0, 0.1) is 10.1 Å². The maximum atomic E-state index is 10.7. The first-order chi connectivity index (χ1) is 12.2. The van der Waals surface area contributed by atoms with Gasteiger partial charge in [0, 0.05) is 23.8 Å². The fourth-order valence-corrected chi connectivity index (χ4v) is 2.46. The molecule has 0 unspecified atom stereocenters. The summed E-state index contributed by atoms with van der Waals surface area (Å²) in [7, 11) is 0. The van der Waals surface area contributed by atoms with Crippen LogP contribution in [0.15, 0.2) is 69.5 Å². The van der Waals surface area contributed by atoms with E-state index in [1.807, 2.05) is 36.4 Å². The number of non-ortho nitro benzene ring substituents is 1. The normalized spacial score (nSPS) is 11.4. The minimum atomic E-state index is -0.430. The molecule has 122 valence electrons. The fourth-order valence-electron chi connectivity index (χ4n) is 2.46. The van der Waals surface area contributed by atoms with Gasteiger partial charge in [-0.1, -0.05) is 12.1 Å². The van der Waals surface area contributed by atoms with Crippen molar-refractivity contribution in [3.8, 4) is 11.3 Å². The van der Waals surface area contributed by atoms with Crippen molar-refractivity contribution in [2.75, 3.05) is 0 Å². The van der Waals surface area contributed by atoms with Gasteiger partial charge in [-0.15, -0.1) is 0 Å². The predicted octanol–water partition coefficient (Wildman–Crippen LogP) is 5.17. The number of rotatable bonds is 4. The number of hydrogen-bond acceptors (Lipinski definition) is 5. The van der Waals surface area contributed by atoms with Gasteiger partial charge in [0.25, 0.3) is 5.69 Å². The monoisotopic (exact) mass is 332 g/mol. The van der Waals surface area contributed by atoms with Gasteiger partial charge in [-0.05, 0) is 42.5 Å². The number of nitrogens with zero attached hydrogens (tertiary/aromatic N) is 2. The second kappa shape index (κ2) is 6.09. The van der Waals surface area contributed by atoms with Gasteiger partial charge < -0.3 is 8.83 Å². The minimum absolute atomic E-state index is 0.0476. The number of oxazole rings is 1. The lowest BCUT2D eigenvalue weighted by Gasteiger charge is -1.96. The Morgan fingerprint density at radius 2 is 1.72 bits per heavy atom. The number of aromatic nitrogens is 1. The molecule has 0 spiro atoms. The third-order valence-electron chi connectivity index (χ3n) is 3.69. The van der Waals surface area contributed by atoms with E-state index in [-0.39, 0.29) is 5.69 Å². The van der Waals surface area contributed by atoms with Crippen LogP contribution in [0.4, 0.5) is 5.69 Å². The molecule has 0 fully saturated rings. The van der Waals surface area contributed by atoms with Crippen molar-refractivity contribution in [1.29, 1.82) is 0 Å². The Bertz CT molecular complexity index is 1040. The molecule has 2 heterocycles. The minimum Gasteiger partial charge on any atom is -0.457 e. The van der Waals surface area contributed by atoms with Crippen LogP contribution < -0.4 is 0 Å². The van der Waals surface area contributed by atoms with Crippen molar-refractivity contribution in [3.63, 3.8) is 0 Å². The van der Waals surface area contributed by atoms with E-state index in [4.69, 9.17) is 8.83 Å². The van der Waals surface area contributed by atoms with E-state index in [9.17, 15) is 10.1 Å². The van der Waals surface area contributed by atoms with Gasteiger partial charge in [0.1, 0.15) is 17.0 Å². The molecule has 4 aromatic rings. The molecular formula is C19H12N2O4. The lowest BCUT2D eigenvalue weighted by molar-refractivity contribution is -0.384. The zero-order valence-electron chi connectivity index (χ0n) is 13.0. The summed E-state index contributed by atoms with van der Waals surface area (Å²) in [6.45, 7) is 0. The summed E-state index contributed by atoms with van der Waals surface area (Å²) in [4.78, 5) is 14.6. The second-order valence-corrected chi connectivity index (χ2v) is 5.36. The number of benzene rings is 2. The van der Waals surface area contributed by atoms with Crippen LogP contribution in [0.2, 0.25) is 0 Å². The van der Waals surface area contributed by atoms with E-state index in [0.717, 1.165) is 16.7 Å². The molecular weight excluding hydrogens is 320 g/mol. The fraction of sp³-hybridized carbons (Fsp3) is 0. The Kier molecular flexibility index (Phi) is 3.63. The third-order valence-corrected chi connectivity index (χ3v) is 3.69. The molecule has 6 heteroatoms. The molecule has 6 nitrogen and oxygen atoms in total. The highest BCUT2D eigenvalue weighted by Crippen LogP contribution is 2.25. The highest BCUT2D eigenvalue weighted by Gasteiger charge is 2.08. The Balaban J connectivity index is 1.55. The maximum Gasteiger partial charge on any atom is 0.269 e. The third kappa shape index (κ3) is 3.05. The van der Waals surface area contributed by atoms with Crippen molar-refractivity contribution in [3.05, 3.63) is 82.4 Å². The van der Waals surface area contributed by atoms with Crippen molar-refractivity contribution in [2.45, 2.75) is 0 Å². The van der Waals surface area contributed by atoms with E-state index < -0.39 is 4.92 Å². The largest absolute Gasteiger partial charge is 0.457 e. The highest BCUT2D eigenvalue weighted by molar-refractivity contribution is 5.75. The molecule has 25 heavy (non-hydrogen) atoms. The van der Waals surface area contributed by atoms with E-state index in [1.165, 1.54) is 12.1 Å². The number of furan rings is 1. The molecule has 0 saturated heterocycles. The Hall–Kier alpha value is -3.67. The Labute approximate surface area is 142 Å². The van der Waals surface area contributed by atoms with Crippen LogP contribution in [0.5, 0.6) is 0 Å². The first-order valence-corrected chi connectivity index (χ1v) is 7.57. The molecule has 4 rings (SSSR count). The summed E-state index contributed by atoms with van der Waals surface area (Å²) in [5, 5.41) is 10.7. The lowest BCUT2D eigenvalue weighted by Crippen LogP contribution is -1.86. The van der Waals surface area contributed by atoms with Gasteiger partial charge in [-0.2, -0.15) is 0 Å². The first kappa shape index (κ1) is 14.9. The van der Waals surface area contributed by atoms with Crippen molar-refractivity contribution in [1.82, 2.24) is 4.98 Å². The predicted molar refractivity (Wildman–Crippen MR) is 93.7 cm³/mol. The molecule has 0 aliphatic heterocycles. The molecule has 0 aliphatic rings. The summed E-state index contributed by atoms with van der Waals surface area (Å²) in [5.74, 6) is 1.76. The summed E-state index contributed by atoms with van der Waals surface area (Å²) in [6.07, 6.45) is 3.50. The van der Waals surface area contributed by atoms with Gasteiger partial charge in [0.05, 0.1) is 4.92 Å². The summed E-state index contributed by atoms with van der Waals surface area (Å²) in [5.41, 5.74) is 2.35. The van der Waals surface area contributed by atoms with Crippen molar-refractivity contribution >= 4 is 28.9 Å². The zero-order chi connectivity index (χ0) is 17.2. The van der Waals surface area contributed by atoms with E-state index in [1.54, 1.807) is 24.3 Å². The highest BCUT2D eigenvalue weighted by atomic mass is 16.6. The summed E-state index contributed by atoms with van der Waals surface area (Å²) >= 11 is 0. The number of nitro benzene ring substituents is 1. The molecule has 0 aliphatic carbocycles. The maximum absolute atomic E-state index is 10.7. The Morgan fingerprint density at radius 1 is 0.920 bits per heavy atom. The van der Waals surface area contributed by atoms with Crippen LogP contribution in [-0.2, 0) is 0 Å². The topological polar surface area (TPSA) is 82.3 Å². The van der Waals surface area contributed by atoms with Gasteiger partial charge in [-0.25, -0.2) is 4.98 Å². The van der Waals surface area contributed by atoms with Crippen molar-refractivity contribution in [2.24, 2.45) is 0 Å². The SMILES string of the molecule is O=[N+]([O-])c1ccc(-c2ccc(/C=C/c3nc4ccccc4o3)o2)cc1. The molecule has 0 atom stereocenters. The van der Waals surface area contributed by atoms with Crippen LogP contribution in [-0.4, -0.2) is 9.91 Å². The second-order valence-electron chi connectivity index (χ2n) is 5.36. The zero-order valence-corrected chi connectivity index (χ0v) is 13.0. The first-order valence-electron chi connectivity index (χ1n) is 7.57. The lowest BCUT2D eigenvalue weighted by atomic mass is 10.1. The quantitative estimate of drug-likeness (QED) is 0.380. The van der Waals surface area contributed by atoms with Crippen LogP contribution in [0.1, 0.15) is 11.7 Å². The summed E-state index contributed by atoms with van der Waals surface area (Å²) in [6, 6.07) is 17.4. The Morgan fingerprint density at radius 3 is 2.48 bits per heavy atom. The van der Waals surface area contributed by atoms with E-state index in [0.29, 0.717) is 17.4 Å². The molecule has 0 radical (unpaired) electrons. The van der Waals surface area contributed by atoms with Gasteiger partial charge >= 0.3 is 0 Å². The van der Waals surface area contributed by atoms with Crippen LogP contribution in [0.25, 0.3) is 34.6 Å². The van der Waals surface area contributed by atoms with Gasteiger partial charge in [0.15, 0.2) is 5.58 Å². The van der Waals surface area contributed by atoms with Gasteiger partial charge in [0.2, 0.25) is 5.89 Å². The number of nitro groups is 1. The van der Waals surface area contributed by atoms with Crippen molar-refractivity contribution < 1.29 is 13.8 Å². The number of fused-ring (bicyclic) bond motifs is 1. The average molecular weight is 332 g/mol. The molecule has 2 aromatic heterocycles. The standard InChI is InChI=1S/C19H12N2O4/c22-21(23)14-7-5-13(6-8-14)17-11-9-15(24-17)10-12-19-20-16-3-1-2-4-18(16)25-19/h1-12H/b12-10+. The molecule has 0 N–H and O–H groups in total. The van der Waals surface area contributed by atoms with Crippen LogP contribution in [0.3, 0.4) is 0 Å². The van der Waals surface area contributed by atoms with Gasteiger partial charge in [-0.3, -0.25) is 10.1 Å². The van der Waals surface area contributed by atoms with E-state index >= 15 is 0 Å². The van der Waals surface area contributed by atoms with Crippen LogP contribution >= 0.6 is 0 Å². The van der Waals surface area contributed by atoms with E-state index in [2.05, 4.69) is 4.98 Å². The summed E-state index contributed by atoms with van der Waals surface area (Å²) < 4.78 is 11.4. The smallest absolute Gasteiger partial charge is 0.269 e. The molecule has 0 amide bonds. The molecule has 0 bridgehead atoms. The molecule has 0 saturated carbocycles. The molecule has 2 aromatic carbocycles.